The molecule has 0 heterocycles. The van der Waals surface area contributed by atoms with E-state index in [2.05, 4.69) is 10.2 Å². The number of ether oxygens (including phenoxy) is 1. The number of amides is 1. The standard InChI is InChI=1S/C16H27N3O2.2ClH/c1-16(2,17)15(20)18-12-13-6-8-14(9-7-13)21-11-5-10-19(3)4;;/h6-9H,5,10-12,17H2,1-4H3,(H,18,20);2*1H. The first kappa shape index (κ1) is 24.2. The van der Waals surface area contributed by atoms with Crippen molar-refractivity contribution in [2.45, 2.75) is 32.4 Å². The second kappa shape index (κ2) is 11.5. The third kappa shape index (κ3) is 10.4. The normalized spacial score (nSPS) is 10.5. The minimum atomic E-state index is -0.852. The Kier molecular flexibility index (Phi) is 12.1. The first-order valence-corrected chi connectivity index (χ1v) is 7.22. The van der Waals surface area contributed by atoms with Crippen LogP contribution in [0, 0.1) is 0 Å². The van der Waals surface area contributed by atoms with Crippen molar-refractivity contribution in [2.24, 2.45) is 5.73 Å². The molecule has 3 N–H and O–H groups in total. The maximum atomic E-state index is 11.7. The lowest BCUT2D eigenvalue weighted by atomic mass is 10.1. The van der Waals surface area contributed by atoms with Gasteiger partial charge in [-0.05, 0) is 52.1 Å². The number of hydrogen-bond acceptors (Lipinski definition) is 4. The van der Waals surface area contributed by atoms with Gasteiger partial charge in [0.25, 0.3) is 0 Å². The summed E-state index contributed by atoms with van der Waals surface area (Å²) in [5.41, 5.74) is 5.89. The summed E-state index contributed by atoms with van der Waals surface area (Å²) in [6.07, 6.45) is 0.996. The number of nitrogens with one attached hydrogen (secondary N) is 1. The van der Waals surface area contributed by atoms with Crippen molar-refractivity contribution in [3.8, 4) is 5.75 Å². The molecule has 5 nitrogen and oxygen atoms in total. The van der Waals surface area contributed by atoms with Gasteiger partial charge in [-0.3, -0.25) is 4.79 Å². The number of carbonyl (C=O) groups is 1. The van der Waals surface area contributed by atoms with Crippen molar-refractivity contribution >= 4 is 30.7 Å². The van der Waals surface area contributed by atoms with Crippen LogP contribution in [-0.4, -0.2) is 43.6 Å². The van der Waals surface area contributed by atoms with E-state index in [0.29, 0.717) is 13.2 Å². The molecule has 0 aromatic heterocycles. The molecule has 0 spiro atoms. The Balaban J connectivity index is 0. The molecule has 0 aliphatic rings. The maximum absolute atomic E-state index is 11.7. The van der Waals surface area contributed by atoms with Gasteiger partial charge in [-0.1, -0.05) is 12.1 Å². The molecule has 1 aromatic rings. The van der Waals surface area contributed by atoms with E-state index in [1.54, 1.807) is 13.8 Å². The predicted molar refractivity (Wildman–Crippen MR) is 99.7 cm³/mol. The van der Waals surface area contributed by atoms with Crippen LogP contribution >= 0.6 is 24.8 Å². The summed E-state index contributed by atoms with van der Waals surface area (Å²) in [4.78, 5) is 13.8. The summed E-state index contributed by atoms with van der Waals surface area (Å²) < 4.78 is 5.66. The van der Waals surface area contributed by atoms with Crippen LogP contribution in [0.2, 0.25) is 0 Å². The smallest absolute Gasteiger partial charge is 0.239 e. The SMILES string of the molecule is CN(C)CCCOc1ccc(CNC(=O)C(C)(C)N)cc1.Cl.Cl. The predicted octanol–water partition coefficient (Wildman–Crippen LogP) is 2.21. The molecular weight excluding hydrogens is 337 g/mol. The number of nitrogens with two attached hydrogens (primary N) is 1. The zero-order chi connectivity index (χ0) is 15.9. The topological polar surface area (TPSA) is 67.6 Å². The molecule has 0 saturated heterocycles. The number of halogens is 2. The highest BCUT2D eigenvalue weighted by atomic mass is 35.5. The van der Waals surface area contributed by atoms with Gasteiger partial charge in [-0.15, -0.1) is 24.8 Å². The molecule has 0 aliphatic heterocycles. The van der Waals surface area contributed by atoms with Crippen LogP contribution in [0.1, 0.15) is 25.8 Å². The van der Waals surface area contributed by atoms with Gasteiger partial charge >= 0.3 is 0 Å². The molecule has 0 fully saturated rings. The molecule has 0 saturated carbocycles. The fourth-order valence-corrected chi connectivity index (χ4v) is 1.68. The van der Waals surface area contributed by atoms with Crippen LogP contribution in [0.5, 0.6) is 5.75 Å². The molecule has 0 atom stereocenters. The van der Waals surface area contributed by atoms with E-state index >= 15 is 0 Å². The van der Waals surface area contributed by atoms with Crippen LogP contribution < -0.4 is 15.8 Å². The highest BCUT2D eigenvalue weighted by molar-refractivity contribution is 5.85. The molecule has 7 heteroatoms. The van der Waals surface area contributed by atoms with Gasteiger partial charge in [0.15, 0.2) is 0 Å². The molecular formula is C16H29Cl2N3O2. The van der Waals surface area contributed by atoms with Gasteiger partial charge in [-0.25, -0.2) is 0 Å². The summed E-state index contributed by atoms with van der Waals surface area (Å²) in [5.74, 6) is 0.689. The number of benzene rings is 1. The van der Waals surface area contributed by atoms with E-state index < -0.39 is 5.54 Å². The molecule has 0 unspecified atom stereocenters. The van der Waals surface area contributed by atoms with Crippen LogP contribution in [-0.2, 0) is 11.3 Å². The van der Waals surface area contributed by atoms with E-state index in [9.17, 15) is 4.79 Å². The molecule has 134 valence electrons. The lowest BCUT2D eigenvalue weighted by Gasteiger charge is -2.17. The van der Waals surface area contributed by atoms with E-state index in [4.69, 9.17) is 10.5 Å². The lowest BCUT2D eigenvalue weighted by molar-refractivity contribution is -0.125. The maximum Gasteiger partial charge on any atom is 0.239 e. The summed E-state index contributed by atoms with van der Waals surface area (Å²) in [6, 6.07) is 7.74. The Morgan fingerprint density at radius 3 is 2.26 bits per heavy atom. The number of nitrogens with zero attached hydrogens (tertiary/aromatic N) is 1. The molecule has 1 aromatic carbocycles. The van der Waals surface area contributed by atoms with Crippen LogP contribution in [0.25, 0.3) is 0 Å². The minimum Gasteiger partial charge on any atom is -0.494 e. The van der Waals surface area contributed by atoms with Crippen LogP contribution in [0.15, 0.2) is 24.3 Å². The quantitative estimate of drug-likeness (QED) is 0.693. The van der Waals surface area contributed by atoms with Crippen molar-refractivity contribution in [3.05, 3.63) is 29.8 Å². The molecule has 0 aliphatic carbocycles. The van der Waals surface area contributed by atoms with Gasteiger partial charge < -0.3 is 20.7 Å². The Labute approximate surface area is 151 Å². The van der Waals surface area contributed by atoms with Crippen LogP contribution in [0.3, 0.4) is 0 Å². The Bertz CT molecular complexity index is 446. The van der Waals surface area contributed by atoms with Crippen molar-refractivity contribution in [3.63, 3.8) is 0 Å². The van der Waals surface area contributed by atoms with Crippen molar-refractivity contribution < 1.29 is 9.53 Å². The zero-order valence-electron chi connectivity index (χ0n) is 14.3. The van der Waals surface area contributed by atoms with Gasteiger partial charge in [-0.2, -0.15) is 0 Å². The zero-order valence-corrected chi connectivity index (χ0v) is 15.9. The number of carbonyl (C=O) groups excluding carboxylic acids is 1. The lowest BCUT2D eigenvalue weighted by Crippen LogP contribution is -2.48. The average Bonchev–Trinajstić information content (AvgIpc) is 2.41. The first-order chi connectivity index (χ1) is 9.79. The Morgan fingerprint density at radius 2 is 1.78 bits per heavy atom. The van der Waals surface area contributed by atoms with Gasteiger partial charge in [0.1, 0.15) is 5.75 Å². The summed E-state index contributed by atoms with van der Waals surface area (Å²) in [6.45, 7) is 5.56. The molecule has 1 rings (SSSR count). The average molecular weight is 366 g/mol. The minimum absolute atomic E-state index is 0. The summed E-state index contributed by atoms with van der Waals surface area (Å²) in [5, 5.41) is 2.81. The van der Waals surface area contributed by atoms with E-state index in [0.717, 1.165) is 24.3 Å². The van der Waals surface area contributed by atoms with E-state index in [1.165, 1.54) is 0 Å². The fourth-order valence-electron chi connectivity index (χ4n) is 1.68. The van der Waals surface area contributed by atoms with Crippen molar-refractivity contribution in [2.75, 3.05) is 27.2 Å². The highest BCUT2D eigenvalue weighted by Crippen LogP contribution is 2.12. The second-order valence-electron chi connectivity index (χ2n) is 6.05. The Morgan fingerprint density at radius 1 is 1.22 bits per heavy atom. The second-order valence-corrected chi connectivity index (χ2v) is 6.05. The molecule has 0 bridgehead atoms. The van der Waals surface area contributed by atoms with Gasteiger partial charge in [0, 0.05) is 13.1 Å². The Hall–Kier alpha value is -1.01. The number of rotatable bonds is 8. The summed E-state index contributed by atoms with van der Waals surface area (Å²) >= 11 is 0. The van der Waals surface area contributed by atoms with Gasteiger partial charge in [0.05, 0.1) is 12.1 Å². The summed E-state index contributed by atoms with van der Waals surface area (Å²) in [7, 11) is 4.09. The number of hydrogen-bond donors (Lipinski definition) is 2. The van der Waals surface area contributed by atoms with E-state index in [-0.39, 0.29) is 30.7 Å². The molecule has 23 heavy (non-hydrogen) atoms. The van der Waals surface area contributed by atoms with E-state index in [1.807, 2.05) is 38.4 Å². The fraction of sp³-hybridized carbons (Fsp3) is 0.562. The third-order valence-electron chi connectivity index (χ3n) is 2.98. The molecule has 1 amide bonds. The monoisotopic (exact) mass is 365 g/mol. The largest absolute Gasteiger partial charge is 0.494 e. The van der Waals surface area contributed by atoms with Gasteiger partial charge in [0.2, 0.25) is 5.91 Å². The van der Waals surface area contributed by atoms with Crippen molar-refractivity contribution in [1.82, 2.24) is 10.2 Å². The van der Waals surface area contributed by atoms with Crippen LogP contribution in [0.4, 0.5) is 0 Å². The third-order valence-corrected chi connectivity index (χ3v) is 2.98. The molecule has 0 radical (unpaired) electrons. The first-order valence-electron chi connectivity index (χ1n) is 7.22. The highest BCUT2D eigenvalue weighted by Gasteiger charge is 2.20. The van der Waals surface area contributed by atoms with Crippen molar-refractivity contribution in [1.29, 1.82) is 0 Å².